The minimum absolute atomic E-state index is 0.0728. The van der Waals surface area contributed by atoms with Crippen molar-refractivity contribution in [1.29, 1.82) is 0 Å². The van der Waals surface area contributed by atoms with Crippen LogP contribution in [0.3, 0.4) is 0 Å². The van der Waals surface area contributed by atoms with E-state index in [1.807, 2.05) is 30.3 Å². The molecule has 0 fully saturated rings. The third kappa shape index (κ3) is 6.88. The lowest BCUT2D eigenvalue weighted by Gasteiger charge is -2.23. The van der Waals surface area contributed by atoms with E-state index in [1.165, 1.54) is 0 Å². The zero-order valence-corrected chi connectivity index (χ0v) is 13.1. The van der Waals surface area contributed by atoms with Crippen LogP contribution in [-0.2, 0) is 25.7 Å². The van der Waals surface area contributed by atoms with Gasteiger partial charge in [-0.2, -0.15) is 0 Å². The molecule has 0 heterocycles. The number of hydrogen-bond acceptors (Lipinski definition) is 5. The molecule has 1 rings (SSSR count). The summed E-state index contributed by atoms with van der Waals surface area (Å²) in [6.07, 6.45) is -0.199. The SMILES string of the molecule is CC(C)(C)OC(=O)CN(CC=O)C(=O)OCc1ccccc1. The Labute approximate surface area is 130 Å². The molecule has 0 N–H and O–H groups in total. The van der Waals surface area contributed by atoms with Gasteiger partial charge in [0.2, 0.25) is 0 Å². The molecule has 0 saturated carbocycles. The van der Waals surface area contributed by atoms with Crippen LogP contribution in [0.2, 0.25) is 0 Å². The Morgan fingerprint density at radius 1 is 1.18 bits per heavy atom. The summed E-state index contributed by atoms with van der Waals surface area (Å²) in [4.78, 5) is 35.3. The minimum atomic E-state index is -0.734. The fraction of sp³-hybridized carbons (Fsp3) is 0.438. The van der Waals surface area contributed by atoms with E-state index in [2.05, 4.69) is 0 Å². The second-order valence-corrected chi connectivity index (χ2v) is 5.67. The van der Waals surface area contributed by atoms with Crippen LogP contribution in [0.15, 0.2) is 30.3 Å². The Morgan fingerprint density at radius 3 is 2.36 bits per heavy atom. The predicted molar refractivity (Wildman–Crippen MR) is 80.1 cm³/mol. The van der Waals surface area contributed by atoms with Gasteiger partial charge in [0.05, 0.1) is 6.54 Å². The third-order valence-corrected chi connectivity index (χ3v) is 2.50. The van der Waals surface area contributed by atoms with Crippen LogP contribution in [0.25, 0.3) is 0 Å². The highest BCUT2D eigenvalue weighted by Gasteiger charge is 2.22. The molecule has 0 atom stereocenters. The molecule has 0 radical (unpaired) electrons. The number of carbonyl (C=O) groups is 3. The maximum atomic E-state index is 11.9. The molecule has 22 heavy (non-hydrogen) atoms. The van der Waals surface area contributed by atoms with E-state index in [1.54, 1.807) is 20.8 Å². The van der Waals surface area contributed by atoms with Crippen LogP contribution in [0.5, 0.6) is 0 Å². The number of hydrogen-bond donors (Lipinski definition) is 0. The highest BCUT2D eigenvalue weighted by Crippen LogP contribution is 2.08. The Hall–Kier alpha value is -2.37. The van der Waals surface area contributed by atoms with Crippen molar-refractivity contribution in [2.24, 2.45) is 0 Å². The van der Waals surface area contributed by atoms with Gasteiger partial charge >= 0.3 is 12.1 Å². The zero-order chi connectivity index (χ0) is 16.6. The van der Waals surface area contributed by atoms with Crippen LogP contribution in [0.1, 0.15) is 26.3 Å². The second kappa shape index (κ2) is 8.17. The van der Waals surface area contributed by atoms with Crippen molar-refractivity contribution >= 4 is 18.3 Å². The van der Waals surface area contributed by atoms with E-state index in [4.69, 9.17) is 9.47 Å². The molecule has 120 valence electrons. The van der Waals surface area contributed by atoms with E-state index in [-0.39, 0.29) is 19.7 Å². The third-order valence-electron chi connectivity index (χ3n) is 2.50. The van der Waals surface area contributed by atoms with Crippen molar-refractivity contribution in [2.45, 2.75) is 33.0 Å². The molecule has 0 spiro atoms. The van der Waals surface area contributed by atoms with Crippen LogP contribution in [0, 0.1) is 0 Å². The largest absolute Gasteiger partial charge is 0.459 e. The van der Waals surface area contributed by atoms with Crippen LogP contribution < -0.4 is 0 Å². The van der Waals surface area contributed by atoms with Gasteiger partial charge in [-0.05, 0) is 26.3 Å². The van der Waals surface area contributed by atoms with Gasteiger partial charge in [0, 0.05) is 0 Å². The number of rotatable bonds is 6. The van der Waals surface area contributed by atoms with Crippen molar-refractivity contribution < 1.29 is 23.9 Å². The van der Waals surface area contributed by atoms with Gasteiger partial charge in [-0.15, -0.1) is 0 Å². The van der Waals surface area contributed by atoms with Gasteiger partial charge in [-0.3, -0.25) is 9.69 Å². The minimum Gasteiger partial charge on any atom is -0.459 e. The van der Waals surface area contributed by atoms with Crippen molar-refractivity contribution in [1.82, 2.24) is 4.90 Å². The van der Waals surface area contributed by atoms with Gasteiger partial charge in [-0.1, -0.05) is 30.3 Å². The number of benzene rings is 1. The number of nitrogens with zero attached hydrogens (tertiary/aromatic N) is 1. The van der Waals surface area contributed by atoms with Crippen LogP contribution in [0.4, 0.5) is 4.79 Å². The summed E-state index contributed by atoms with van der Waals surface area (Å²) in [5.74, 6) is -0.592. The lowest BCUT2D eigenvalue weighted by Crippen LogP contribution is -2.40. The molecular weight excluding hydrogens is 286 g/mol. The first-order valence-corrected chi connectivity index (χ1v) is 6.93. The Morgan fingerprint density at radius 2 is 1.82 bits per heavy atom. The lowest BCUT2D eigenvalue weighted by atomic mass is 10.2. The maximum absolute atomic E-state index is 11.9. The second-order valence-electron chi connectivity index (χ2n) is 5.67. The fourth-order valence-electron chi connectivity index (χ4n) is 1.63. The lowest BCUT2D eigenvalue weighted by molar-refractivity contribution is -0.155. The molecule has 0 bridgehead atoms. The van der Waals surface area contributed by atoms with Gasteiger partial charge in [0.1, 0.15) is 25.0 Å². The zero-order valence-electron chi connectivity index (χ0n) is 13.1. The molecule has 1 amide bonds. The molecule has 6 nitrogen and oxygen atoms in total. The number of esters is 1. The molecule has 0 aromatic heterocycles. The van der Waals surface area contributed by atoms with Crippen molar-refractivity contribution in [3.8, 4) is 0 Å². The highest BCUT2D eigenvalue weighted by molar-refractivity contribution is 5.80. The summed E-state index contributed by atoms with van der Waals surface area (Å²) >= 11 is 0. The average Bonchev–Trinajstić information content (AvgIpc) is 2.43. The first-order chi connectivity index (χ1) is 10.3. The highest BCUT2D eigenvalue weighted by atomic mass is 16.6. The van der Waals surface area contributed by atoms with Crippen LogP contribution >= 0.6 is 0 Å². The van der Waals surface area contributed by atoms with E-state index in [0.29, 0.717) is 6.29 Å². The monoisotopic (exact) mass is 307 g/mol. The summed E-state index contributed by atoms with van der Waals surface area (Å²) in [7, 11) is 0. The number of carbonyl (C=O) groups excluding carboxylic acids is 3. The maximum Gasteiger partial charge on any atom is 0.411 e. The fourth-order valence-corrected chi connectivity index (χ4v) is 1.63. The first kappa shape index (κ1) is 17.7. The molecular formula is C16H21NO5. The Balaban J connectivity index is 2.56. The predicted octanol–water partition coefficient (Wildman–Crippen LogP) is 2.17. The number of amides is 1. The Kier molecular flexibility index (Phi) is 6.56. The van der Waals surface area contributed by atoms with Gasteiger partial charge in [0.15, 0.2) is 0 Å². The molecule has 1 aromatic rings. The molecule has 0 unspecified atom stereocenters. The standard InChI is InChI=1S/C16H21NO5/c1-16(2,3)22-14(19)11-17(9-10-18)15(20)21-12-13-7-5-4-6-8-13/h4-8,10H,9,11-12H2,1-3H3. The molecule has 6 heteroatoms. The number of ether oxygens (including phenoxy) is 2. The quantitative estimate of drug-likeness (QED) is 0.595. The summed E-state index contributed by atoms with van der Waals surface area (Å²) in [6, 6.07) is 9.13. The normalized spacial score (nSPS) is 10.7. The molecule has 0 aliphatic carbocycles. The van der Waals surface area contributed by atoms with Crippen molar-refractivity contribution in [3.63, 3.8) is 0 Å². The van der Waals surface area contributed by atoms with E-state index in [0.717, 1.165) is 10.5 Å². The molecule has 1 aromatic carbocycles. The topological polar surface area (TPSA) is 72.9 Å². The molecule has 0 saturated heterocycles. The van der Waals surface area contributed by atoms with E-state index in [9.17, 15) is 14.4 Å². The summed E-state index contributed by atoms with van der Waals surface area (Å²) < 4.78 is 10.2. The average molecular weight is 307 g/mol. The first-order valence-electron chi connectivity index (χ1n) is 6.93. The number of aldehydes is 1. The van der Waals surface area contributed by atoms with Gasteiger partial charge in [0.25, 0.3) is 0 Å². The van der Waals surface area contributed by atoms with E-state index < -0.39 is 17.7 Å². The van der Waals surface area contributed by atoms with E-state index >= 15 is 0 Å². The van der Waals surface area contributed by atoms with Crippen molar-refractivity contribution in [3.05, 3.63) is 35.9 Å². The molecule has 0 aliphatic heterocycles. The summed E-state index contributed by atoms with van der Waals surface area (Å²) in [5, 5.41) is 0. The van der Waals surface area contributed by atoms with Gasteiger partial charge in [-0.25, -0.2) is 4.79 Å². The van der Waals surface area contributed by atoms with Gasteiger partial charge < -0.3 is 14.3 Å². The van der Waals surface area contributed by atoms with Crippen LogP contribution in [-0.4, -0.2) is 41.9 Å². The summed E-state index contributed by atoms with van der Waals surface area (Å²) in [6.45, 7) is 4.69. The summed E-state index contributed by atoms with van der Waals surface area (Å²) in [5.41, 5.74) is 0.164. The van der Waals surface area contributed by atoms with Crippen molar-refractivity contribution in [2.75, 3.05) is 13.1 Å². The Bertz CT molecular complexity index is 507. The smallest absolute Gasteiger partial charge is 0.411 e. The molecule has 0 aliphatic rings.